The maximum atomic E-state index is 13.5. The molecule has 1 unspecified atom stereocenters. The Morgan fingerprint density at radius 3 is 2.68 bits per heavy atom. The number of aromatic nitrogens is 3. The number of hydrogen-bond acceptors (Lipinski definition) is 7. The zero-order valence-corrected chi connectivity index (χ0v) is 18.7. The smallest absolute Gasteiger partial charge is 0.329 e. The summed E-state index contributed by atoms with van der Waals surface area (Å²) in [5, 5.41) is 13.8. The maximum Gasteiger partial charge on any atom is 0.329 e. The monoisotopic (exact) mass is 476 g/mol. The lowest BCUT2D eigenvalue weighted by atomic mass is 9.88. The van der Waals surface area contributed by atoms with Crippen LogP contribution >= 0.6 is 11.6 Å². The molecule has 0 spiro atoms. The second kappa shape index (κ2) is 9.12. The van der Waals surface area contributed by atoms with E-state index in [9.17, 15) is 9.90 Å². The van der Waals surface area contributed by atoms with Crippen molar-refractivity contribution in [3.8, 4) is 22.7 Å². The summed E-state index contributed by atoms with van der Waals surface area (Å²) in [5.41, 5.74) is 8.46. The molecule has 1 fully saturated rings. The van der Waals surface area contributed by atoms with Crippen LogP contribution in [0, 0.1) is 0 Å². The molecule has 4 N–H and O–H groups in total. The molecule has 3 heterocycles. The summed E-state index contributed by atoms with van der Waals surface area (Å²) in [7, 11) is 0. The fraction of sp³-hybridized carbons (Fsp3) is 0.167. The first-order valence-corrected chi connectivity index (χ1v) is 11.0. The van der Waals surface area contributed by atoms with E-state index in [1.54, 1.807) is 42.5 Å². The summed E-state index contributed by atoms with van der Waals surface area (Å²) in [6.07, 6.45) is 3.36. The van der Waals surface area contributed by atoms with Crippen molar-refractivity contribution in [1.29, 1.82) is 0 Å². The second-order valence-corrected chi connectivity index (χ2v) is 8.34. The van der Waals surface area contributed by atoms with E-state index in [2.05, 4.69) is 20.3 Å². The Morgan fingerprint density at radius 2 is 1.97 bits per heavy atom. The summed E-state index contributed by atoms with van der Waals surface area (Å²) in [5.74, 6) is 1.04. The number of oxazole rings is 1. The molecule has 0 radical (unpaired) electrons. The van der Waals surface area contributed by atoms with Crippen LogP contribution in [-0.2, 0) is 0 Å². The number of halogens is 1. The maximum absolute atomic E-state index is 13.5. The van der Waals surface area contributed by atoms with E-state index in [0.29, 0.717) is 46.5 Å². The molecule has 0 saturated heterocycles. The number of aliphatic hydroxyl groups is 1. The molecule has 10 heteroatoms. The van der Waals surface area contributed by atoms with Crippen molar-refractivity contribution >= 4 is 35.0 Å². The molecule has 3 aromatic heterocycles. The molecule has 34 heavy (non-hydrogen) atoms. The number of urea groups is 1. The average molecular weight is 477 g/mol. The first-order valence-electron chi connectivity index (χ1n) is 10.7. The Kier molecular flexibility index (Phi) is 5.87. The molecule has 5 rings (SSSR count). The SMILES string of the molecule is Nc1ccc(-c2cccc(Cl)c2)nc1N(C(=O)Nc1cccc(-c2cnco2)n1)C1CC[C@H]1O. The molecule has 0 bridgehead atoms. The summed E-state index contributed by atoms with van der Waals surface area (Å²) in [4.78, 5) is 27.9. The first-order chi connectivity index (χ1) is 16.5. The van der Waals surface area contributed by atoms with Gasteiger partial charge in [0.05, 0.1) is 29.7 Å². The van der Waals surface area contributed by atoms with Crippen molar-refractivity contribution in [2.75, 3.05) is 16.0 Å². The predicted octanol–water partition coefficient (Wildman–Crippen LogP) is 4.60. The lowest BCUT2D eigenvalue weighted by molar-refractivity contribution is 0.0676. The Morgan fingerprint density at radius 1 is 1.12 bits per heavy atom. The van der Waals surface area contributed by atoms with Crippen LogP contribution in [0.4, 0.5) is 22.1 Å². The standard InChI is InChI=1S/C24H21ClN6O3/c25-15-4-1-3-14(11-15)17-8-7-16(26)23(29-17)31(19-9-10-20(19)32)24(33)30-22-6-2-5-18(28-22)21-12-27-13-34-21/h1-8,11-13,19-20,32H,9-10,26H2,(H,28,30,33)/t19?,20-/m1/s1. The molecule has 9 nitrogen and oxygen atoms in total. The molecular formula is C24H21ClN6O3. The number of nitrogen functional groups attached to an aromatic ring is 1. The highest BCUT2D eigenvalue weighted by Crippen LogP contribution is 2.34. The van der Waals surface area contributed by atoms with Crippen molar-refractivity contribution in [1.82, 2.24) is 15.0 Å². The van der Waals surface area contributed by atoms with Crippen molar-refractivity contribution in [3.05, 3.63) is 72.2 Å². The van der Waals surface area contributed by atoms with Gasteiger partial charge in [0.2, 0.25) is 0 Å². The number of carbonyl (C=O) groups is 1. The van der Waals surface area contributed by atoms with Crippen LogP contribution in [0.2, 0.25) is 5.02 Å². The quantitative estimate of drug-likeness (QED) is 0.383. The number of hydrogen-bond donors (Lipinski definition) is 3. The van der Waals surface area contributed by atoms with Crippen molar-refractivity contribution in [3.63, 3.8) is 0 Å². The van der Waals surface area contributed by atoms with Crippen molar-refractivity contribution < 1.29 is 14.3 Å². The molecule has 2 amide bonds. The zero-order chi connectivity index (χ0) is 23.7. The van der Waals surface area contributed by atoms with Gasteiger partial charge in [-0.25, -0.2) is 19.7 Å². The van der Waals surface area contributed by atoms with Gasteiger partial charge in [0.15, 0.2) is 18.0 Å². The molecule has 1 saturated carbocycles. The van der Waals surface area contributed by atoms with Gasteiger partial charge in [0.25, 0.3) is 0 Å². The van der Waals surface area contributed by atoms with E-state index in [0.717, 1.165) is 5.56 Å². The molecule has 1 aliphatic rings. The van der Waals surface area contributed by atoms with E-state index < -0.39 is 18.2 Å². The number of benzene rings is 1. The van der Waals surface area contributed by atoms with E-state index >= 15 is 0 Å². The summed E-state index contributed by atoms with van der Waals surface area (Å²) < 4.78 is 5.29. The molecule has 0 aliphatic heterocycles. The van der Waals surface area contributed by atoms with E-state index in [4.69, 9.17) is 21.8 Å². The Bertz CT molecular complexity index is 1330. The third-order valence-corrected chi connectivity index (χ3v) is 5.91. The van der Waals surface area contributed by atoms with Crippen LogP contribution in [0.25, 0.3) is 22.7 Å². The Balaban J connectivity index is 1.49. The number of nitrogens with zero attached hydrogens (tertiary/aromatic N) is 4. The fourth-order valence-electron chi connectivity index (χ4n) is 3.78. The van der Waals surface area contributed by atoms with Crippen LogP contribution < -0.4 is 16.0 Å². The number of rotatable bonds is 5. The molecule has 1 aromatic carbocycles. The van der Waals surface area contributed by atoms with E-state index in [1.165, 1.54) is 17.5 Å². The van der Waals surface area contributed by atoms with Crippen LogP contribution in [0.3, 0.4) is 0 Å². The van der Waals surface area contributed by atoms with Gasteiger partial charge in [0, 0.05) is 10.6 Å². The molecule has 4 aromatic rings. The number of amides is 2. The van der Waals surface area contributed by atoms with Gasteiger partial charge in [-0.2, -0.15) is 0 Å². The fourth-order valence-corrected chi connectivity index (χ4v) is 3.97. The van der Waals surface area contributed by atoms with Crippen molar-refractivity contribution in [2.45, 2.75) is 25.0 Å². The van der Waals surface area contributed by atoms with Gasteiger partial charge in [-0.15, -0.1) is 0 Å². The minimum Gasteiger partial charge on any atom is -0.442 e. The van der Waals surface area contributed by atoms with Gasteiger partial charge in [-0.1, -0.05) is 29.8 Å². The summed E-state index contributed by atoms with van der Waals surface area (Å²) >= 11 is 6.14. The minimum absolute atomic E-state index is 0.255. The third kappa shape index (κ3) is 4.30. The molecule has 2 atom stereocenters. The molecule has 1 aliphatic carbocycles. The first kappa shape index (κ1) is 21.9. The van der Waals surface area contributed by atoms with Gasteiger partial charge in [-0.05, 0) is 49.2 Å². The van der Waals surface area contributed by atoms with Gasteiger partial charge >= 0.3 is 6.03 Å². The number of carbonyl (C=O) groups excluding carboxylic acids is 1. The Hall–Kier alpha value is -3.95. The largest absolute Gasteiger partial charge is 0.442 e. The summed E-state index contributed by atoms with van der Waals surface area (Å²) in [6.45, 7) is 0. The molecule has 172 valence electrons. The van der Waals surface area contributed by atoms with Gasteiger partial charge in [-0.3, -0.25) is 10.2 Å². The highest BCUT2D eigenvalue weighted by molar-refractivity contribution is 6.30. The normalized spacial score (nSPS) is 17.1. The number of nitrogens with two attached hydrogens (primary N) is 1. The van der Waals surface area contributed by atoms with E-state index in [-0.39, 0.29) is 5.82 Å². The van der Waals surface area contributed by atoms with Crippen LogP contribution in [0.1, 0.15) is 12.8 Å². The predicted molar refractivity (Wildman–Crippen MR) is 129 cm³/mol. The lowest BCUT2D eigenvalue weighted by Crippen LogP contribution is -2.55. The molecular weight excluding hydrogens is 456 g/mol. The second-order valence-electron chi connectivity index (χ2n) is 7.91. The minimum atomic E-state index is -0.685. The Labute approximate surface area is 200 Å². The topological polar surface area (TPSA) is 130 Å². The van der Waals surface area contributed by atoms with Crippen LogP contribution in [0.5, 0.6) is 0 Å². The zero-order valence-electron chi connectivity index (χ0n) is 17.9. The lowest BCUT2D eigenvalue weighted by Gasteiger charge is -2.41. The highest BCUT2D eigenvalue weighted by Gasteiger charge is 2.39. The average Bonchev–Trinajstić information content (AvgIpc) is 3.37. The third-order valence-electron chi connectivity index (χ3n) is 5.68. The van der Waals surface area contributed by atoms with Gasteiger partial charge < -0.3 is 15.3 Å². The number of aliphatic hydroxyl groups excluding tert-OH is 1. The van der Waals surface area contributed by atoms with Crippen LogP contribution in [0.15, 0.2) is 71.6 Å². The number of anilines is 3. The van der Waals surface area contributed by atoms with Crippen molar-refractivity contribution in [2.24, 2.45) is 0 Å². The summed E-state index contributed by atoms with van der Waals surface area (Å²) in [6, 6.07) is 14.9. The number of pyridine rings is 2. The van der Waals surface area contributed by atoms with Gasteiger partial charge in [0.1, 0.15) is 11.5 Å². The highest BCUT2D eigenvalue weighted by atomic mass is 35.5. The number of nitrogens with one attached hydrogen (secondary N) is 1. The van der Waals surface area contributed by atoms with E-state index in [1.807, 2.05) is 12.1 Å². The van der Waals surface area contributed by atoms with Crippen LogP contribution in [-0.4, -0.2) is 38.2 Å².